The molecule has 1 aliphatic rings. The average molecular weight is 304 g/mol. The van der Waals surface area contributed by atoms with E-state index in [9.17, 15) is 4.79 Å². The number of nitrogens with one attached hydrogen (secondary N) is 1. The van der Waals surface area contributed by atoms with Gasteiger partial charge in [-0.05, 0) is 43.7 Å². The van der Waals surface area contributed by atoms with E-state index in [0.717, 1.165) is 17.8 Å². The Morgan fingerprint density at radius 2 is 2.14 bits per heavy atom. The fourth-order valence-electron chi connectivity index (χ4n) is 2.72. The second kappa shape index (κ2) is 5.45. The van der Waals surface area contributed by atoms with Crippen LogP contribution in [0.2, 0.25) is 5.02 Å². The molecule has 0 unspecified atom stereocenters. The standard InChI is InChI=1S/C16H18ClN3O/c1-11-5-6-13(10-14(11)17)18-16(21)20-9-8-19-7-3-4-15(19)12(20)2/h3-7,10,12H,8-9H2,1-2H3,(H,18,21)/t12-/m1/s1. The zero-order chi connectivity index (χ0) is 15.0. The number of aromatic nitrogens is 1. The molecule has 0 aliphatic carbocycles. The van der Waals surface area contributed by atoms with Crippen LogP contribution in [0.3, 0.4) is 0 Å². The summed E-state index contributed by atoms with van der Waals surface area (Å²) < 4.78 is 2.19. The highest BCUT2D eigenvalue weighted by Crippen LogP contribution is 2.26. The molecule has 21 heavy (non-hydrogen) atoms. The normalized spacial score (nSPS) is 17.5. The molecule has 1 N–H and O–H groups in total. The lowest BCUT2D eigenvalue weighted by Crippen LogP contribution is -2.42. The van der Waals surface area contributed by atoms with E-state index in [0.29, 0.717) is 11.6 Å². The quantitative estimate of drug-likeness (QED) is 0.847. The molecule has 3 rings (SSSR count). The molecule has 1 aliphatic heterocycles. The van der Waals surface area contributed by atoms with Gasteiger partial charge in [-0.1, -0.05) is 17.7 Å². The minimum atomic E-state index is -0.0881. The molecule has 1 aromatic carbocycles. The highest BCUT2D eigenvalue weighted by Gasteiger charge is 2.27. The molecule has 2 aromatic rings. The number of urea groups is 1. The van der Waals surface area contributed by atoms with Crippen molar-refractivity contribution < 1.29 is 4.79 Å². The van der Waals surface area contributed by atoms with E-state index >= 15 is 0 Å². The first kappa shape index (κ1) is 14.0. The number of rotatable bonds is 1. The molecule has 5 heteroatoms. The predicted molar refractivity (Wildman–Crippen MR) is 84.8 cm³/mol. The van der Waals surface area contributed by atoms with E-state index in [2.05, 4.69) is 22.1 Å². The minimum absolute atomic E-state index is 0.0645. The van der Waals surface area contributed by atoms with Gasteiger partial charge in [-0.3, -0.25) is 0 Å². The number of nitrogens with zero attached hydrogens (tertiary/aromatic N) is 2. The molecule has 1 aromatic heterocycles. The molecule has 0 saturated carbocycles. The molecule has 0 bridgehead atoms. The summed E-state index contributed by atoms with van der Waals surface area (Å²) in [6.45, 7) is 5.52. The van der Waals surface area contributed by atoms with Crippen LogP contribution in [0.4, 0.5) is 10.5 Å². The number of benzene rings is 1. The number of carbonyl (C=O) groups is 1. The van der Waals surface area contributed by atoms with Crippen molar-refractivity contribution in [3.63, 3.8) is 0 Å². The molecule has 0 fully saturated rings. The van der Waals surface area contributed by atoms with Gasteiger partial charge >= 0.3 is 6.03 Å². The summed E-state index contributed by atoms with van der Waals surface area (Å²) in [6.07, 6.45) is 2.06. The van der Waals surface area contributed by atoms with Crippen LogP contribution in [0.15, 0.2) is 36.5 Å². The predicted octanol–water partition coefficient (Wildman–Crippen LogP) is 4.06. The van der Waals surface area contributed by atoms with E-state index in [4.69, 9.17) is 11.6 Å². The highest BCUT2D eigenvalue weighted by molar-refractivity contribution is 6.31. The van der Waals surface area contributed by atoms with Crippen molar-refractivity contribution in [3.05, 3.63) is 52.8 Å². The number of hydrogen-bond acceptors (Lipinski definition) is 1. The van der Waals surface area contributed by atoms with Crippen molar-refractivity contribution in [2.75, 3.05) is 11.9 Å². The van der Waals surface area contributed by atoms with Crippen LogP contribution in [-0.4, -0.2) is 22.0 Å². The Balaban J connectivity index is 1.75. The average Bonchev–Trinajstić information content (AvgIpc) is 2.92. The summed E-state index contributed by atoms with van der Waals surface area (Å²) in [7, 11) is 0. The van der Waals surface area contributed by atoms with E-state index in [1.165, 1.54) is 5.69 Å². The van der Waals surface area contributed by atoms with Crippen molar-refractivity contribution in [1.82, 2.24) is 9.47 Å². The summed E-state index contributed by atoms with van der Waals surface area (Å²) >= 11 is 6.10. The topological polar surface area (TPSA) is 37.3 Å². The first-order valence-corrected chi connectivity index (χ1v) is 7.43. The van der Waals surface area contributed by atoms with Gasteiger partial charge in [0.15, 0.2) is 0 Å². The Kier molecular flexibility index (Phi) is 3.64. The number of fused-ring (bicyclic) bond motifs is 1. The van der Waals surface area contributed by atoms with Crippen LogP contribution in [0.5, 0.6) is 0 Å². The fraction of sp³-hybridized carbons (Fsp3) is 0.312. The Labute approximate surface area is 129 Å². The third kappa shape index (κ3) is 2.63. The summed E-state index contributed by atoms with van der Waals surface area (Å²) in [4.78, 5) is 14.3. The summed E-state index contributed by atoms with van der Waals surface area (Å²) in [5, 5.41) is 3.59. The van der Waals surface area contributed by atoms with Crippen LogP contribution < -0.4 is 5.32 Å². The summed E-state index contributed by atoms with van der Waals surface area (Å²) in [5.41, 5.74) is 2.89. The molecular weight excluding hydrogens is 286 g/mol. The molecule has 1 atom stereocenters. The molecule has 110 valence electrons. The van der Waals surface area contributed by atoms with Gasteiger partial charge in [-0.25, -0.2) is 4.79 Å². The second-order valence-electron chi connectivity index (χ2n) is 5.39. The van der Waals surface area contributed by atoms with Crippen LogP contribution in [-0.2, 0) is 6.54 Å². The zero-order valence-electron chi connectivity index (χ0n) is 12.1. The van der Waals surface area contributed by atoms with Crippen molar-refractivity contribution in [2.24, 2.45) is 0 Å². The number of amides is 2. The maximum absolute atomic E-state index is 12.5. The van der Waals surface area contributed by atoms with E-state index < -0.39 is 0 Å². The van der Waals surface area contributed by atoms with Gasteiger partial charge in [0.1, 0.15) is 0 Å². The first-order chi connectivity index (χ1) is 10.1. The Bertz CT molecular complexity index is 680. The molecule has 0 spiro atoms. The van der Waals surface area contributed by atoms with Crippen molar-refractivity contribution in [1.29, 1.82) is 0 Å². The van der Waals surface area contributed by atoms with E-state index in [1.54, 1.807) is 6.07 Å². The molecular formula is C16H18ClN3O. The highest BCUT2D eigenvalue weighted by atomic mass is 35.5. The van der Waals surface area contributed by atoms with Gasteiger partial charge in [-0.15, -0.1) is 0 Å². The third-order valence-corrected chi connectivity index (χ3v) is 4.43. The largest absolute Gasteiger partial charge is 0.348 e. The molecule has 4 nitrogen and oxygen atoms in total. The van der Waals surface area contributed by atoms with Gasteiger partial charge < -0.3 is 14.8 Å². The summed E-state index contributed by atoms with van der Waals surface area (Å²) in [5.74, 6) is 0. The van der Waals surface area contributed by atoms with Gasteiger partial charge in [0, 0.05) is 35.7 Å². The Morgan fingerprint density at radius 1 is 1.33 bits per heavy atom. The van der Waals surface area contributed by atoms with Crippen molar-refractivity contribution in [3.8, 4) is 0 Å². The Hall–Kier alpha value is -1.94. The lowest BCUT2D eigenvalue weighted by molar-refractivity contribution is 0.175. The van der Waals surface area contributed by atoms with Gasteiger partial charge in [-0.2, -0.15) is 0 Å². The number of hydrogen-bond donors (Lipinski definition) is 1. The maximum atomic E-state index is 12.5. The monoisotopic (exact) mass is 303 g/mol. The fourth-order valence-corrected chi connectivity index (χ4v) is 2.90. The molecule has 0 radical (unpaired) electrons. The van der Waals surface area contributed by atoms with E-state index in [1.807, 2.05) is 36.9 Å². The van der Waals surface area contributed by atoms with Gasteiger partial charge in [0.05, 0.1) is 6.04 Å². The number of aryl methyl sites for hydroxylation is 1. The van der Waals surface area contributed by atoms with Crippen LogP contribution >= 0.6 is 11.6 Å². The second-order valence-corrected chi connectivity index (χ2v) is 5.80. The molecule has 2 heterocycles. The number of carbonyl (C=O) groups excluding carboxylic acids is 1. The van der Waals surface area contributed by atoms with Crippen molar-refractivity contribution in [2.45, 2.75) is 26.4 Å². The minimum Gasteiger partial charge on any atom is -0.348 e. The lowest BCUT2D eigenvalue weighted by Gasteiger charge is -2.34. The number of halogens is 1. The van der Waals surface area contributed by atoms with Crippen LogP contribution in [0.25, 0.3) is 0 Å². The SMILES string of the molecule is Cc1ccc(NC(=O)N2CCn3cccc3[C@H]2C)cc1Cl. The zero-order valence-corrected chi connectivity index (χ0v) is 12.9. The smallest absolute Gasteiger partial charge is 0.322 e. The van der Waals surface area contributed by atoms with Crippen LogP contribution in [0, 0.1) is 6.92 Å². The first-order valence-electron chi connectivity index (χ1n) is 7.05. The number of anilines is 1. The third-order valence-electron chi connectivity index (χ3n) is 4.03. The van der Waals surface area contributed by atoms with Crippen LogP contribution in [0.1, 0.15) is 24.2 Å². The molecule has 0 saturated heterocycles. The van der Waals surface area contributed by atoms with Crippen molar-refractivity contribution >= 4 is 23.3 Å². The Morgan fingerprint density at radius 3 is 2.90 bits per heavy atom. The van der Waals surface area contributed by atoms with E-state index in [-0.39, 0.29) is 12.1 Å². The van der Waals surface area contributed by atoms with Gasteiger partial charge in [0.25, 0.3) is 0 Å². The lowest BCUT2D eigenvalue weighted by atomic mass is 10.1. The van der Waals surface area contributed by atoms with Gasteiger partial charge in [0.2, 0.25) is 0 Å². The maximum Gasteiger partial charge on any atom is 0.322 e. The molecule has 2 amide bonds. The summed E-state index contributed by atoms with van der Waals surface area (Å²) in [6, 6.07) is 9.62.